The van der Waals surface area contributed by atoms with Crippen LogP contribution < -0.4 is 0 Å². The van der Waals surface area contributed by atoms with Gasteiger partial charge in [-0.25, -0.2) is 17.4 Å². The van der Waals surface area contributed by atoms with Crippen molar-refractivity contribution in [2.24, 2.45) is 0 Å². The van der Waals surface area contributed by atoms with E-state index in [2.05, 4.69) is 25.9 Å². The van der Waals surface area contributed by atoms with Crippen molar-refractivity contribution in [1.29, 1.82) is 0 Å². The molecular weight excluding hydrogens is 406 g/mol. The molecular formula is C17H12BrN3O3S. The molecule has 25 heavy (non-hydrogen) atoms. The molecule has 0 aliphatic carbocycles. The average molecular weight is 418 g/mol. The monoisotopic (exact) mass is 417 g/mol. The minimum Gasteiger partial charge on any atom is -0.345 e. The molecule has 4 aromatic rings. The lowest BCUT2D eigenvalue weighted by Gasteiger charge is -2.00. The van der Waals surface area contributed by atoms with E-state index in [1.165, 1.54) is 6.20 Å². The van der Waals surface area contributed by atoms with Crippen LogP contribution in [0.25, 0.3) is 21.9 Å². The average Bonchev–Trinajstić information content (AvgIpc) is 3.15. The van der Waals surface area contributed by atoms with E-state index in [4.69, 9.17) is 0 Å². The zero-order chi connectivity index (χ0) is 17.8. The predicted octanol–water partition coefficient (Wildman–Crippen LogP) is 3.32. The number of nitrogens with one attached hydrogen (secondary N) is 1. The topological polar surface area (TPSA) is 84.8 Å². The molecule has 0 radical (unpaired) electrons. The third-order valence-corrected chi connectivity index (χ3v) is 5.47. The fourth-order valence-corrected chi connectivity index (χ4v) is 4.06. The number of aromatic nitrogens is 3. The van der Waals surface area contributed by atoms with Crippen molar-refractivity contribution in [3.05, 3.63) is 64.5 Å². The first-order valence-electron chi connectivity index (χ1n) is 7.34. The first-order valence-corrected chi connectivity index (χ1v) is 9.98. The summed E-state index contributed by atoms with van der Waals surface area (Å²) in [6.45, 7) is 0. The summed E-state index contributed by atoms with van der Waals surface area (Å²) in [5, 5.41) is 1.27. The Labute approximate surface area is 151 Å². The zero-order valence-corrected chi connectivity index (χ0v) is 15.4. The number of halogens is 1. The highest BCUT2D eigenvalue weighted by molar-refractivity contribution is 9.10. The van der Waals surface area contributed by atoms with Crippen LogP contribution in [-0.4, -0.2) is 34.4 Å². The lowest BCUT2D eigenvalue weighted by molar-refractivity contribution is 0.104. The third-order valence-electron chi connectivity index (χ3n) is 4.02. The van der Waals surface area contributed by atoms with Gasteiger partial charge in [0.1, 0.15) is 5.65 Å². The fourth-order valence-electron chi connectivity index (χ4n) is 2.92. The van der Waals surface area contributed by atoms with Crippen molar-refractivity contribution >= 4 is 53.7 Å². The summed E-state index contributed by atoms with van der Waals surface area (Å²) in [5.41, 5.74) is 1.85. The summed E-state index contributed by atoms with van der Waals surface area (Å²) in [4.78, 5) is 20.3. The number of fused-ring (bicyclic) bond motifs is 2. The number of rotatable bonds is 3. The number of para-hydroxylation sites is 1. The van der Waals surface area contributed by atoms with Crippen LogP contribution in [0, 0.1) is 0 Å². The third kappa shape index (κ3) is 2.58. The van der Waals surface area contributed by atoms with Gasteiger partial charge in [-0.2, -0.15) is 0 Å². The van der Waals surface area contributed by atoms with E-state index in [-0.39, 0.29) is 5.78 Å². The van der Waals surface area contributed by atoms with Gasteiger partial charge in [0.2, 0.25) is 10.0 Å². The zero-order valence-electron chi connectivity index (χ0n) is 13.0. The van der Waals surface area contributed by atoms with Gasteiger partial charge in [-0.05, 0) is 28.1 Å². The number of carbonyl (C=O) groups is 1. The van der Waals surface area contributed by atoms with Crippen molar-refractivity contribution in [2.45, 2.75) is 0 Å². The molecule has 6 nitrogen and oxygen atoms in total. The van der Waals surface area contributed by atoms with Crippen LogP contribution in [0.1, 0.15) is 15.9 Å². The second-order valence-corrected chi connectivity index (χ2v) is 8.48. The van der Waals surface area contributed by atoms with Gasteiger partial charge in [0, 0.05) is 45.0 Å². The molecule has 0 saturated heterocycles. The summed E-state index contributed by atoms with van der Waals surface area (Å²) in [5.74, 6) is -0.259. The van der Waals surface area contributed by atoms with Crippen LogP contribution in [-0.2, 0) is 10.0 Å². The molecule has 1 N–H and O–H groups in total. The first-order chi connectivity index (χ1) is 11.9. The molecule has 0 amide bonds. The summed E-state index contributed by atoms with van der Waals surface area (Å²) in [6.07, 6.45) is 5.73. The van der Waals surface area contributed by atoms with Gasteiger partial charge < -0.3 is 4.98 Å². The van der Waals surface area contributed by atoms with Gasteiger partial charge >= 0.3 is 0 Å². The standard InChI is InChI=1S/C17H12BrN3O3S/c1-25(23,24)21-9-14(11-4-2-3-5-15(11)21)16(22)13-8-20-17-12(13)6-10(18)7-19-17/h2-9H,1H3,(H,19,20). The van der Waals surface area contributed by atoms with Crippen molar-refractivity contribution in [3.63, 3.8) is 0 Å². The molecule has 0 aliphatic heterocycles. The number of nitrogens with zero attached hydrogens (tertiary/aromatic N) is 2. The van der Waals surface area contributed by atoms with Crippen LogP contribution in [0.15, 0.2) is 53.4 Å². The first kappa shape index (κ1) is 16.0. The number of hydrogen-bond acceptors (Lipinski definition) is 4. The van der Waals surface area contributed by atoms with Gasteiger partial charge in [0.25, 0.3) is 0 Å². The maximum Gasteiger partial charge on any atom is 0.236 e. The Morgan fingerprint density at radius 2 is 1.96 bits per heavy atom. The molecule has 1 aromatic carbocycles. The molecule has 4 rings (SSSR count). The molecule has 126 valence electrons. The molecule has 3 heterocycles. The summed E-state index contributed by atoms with van der Waals surface area (Å²) in [6, 6.07) is 8.75. The van der Waals surface area contributed by atoms with E-state index in [0.717, 1.165) is 14.7 Å². The number of hydrogen-bond donors (Lipinski definition) is 1. The van der Waals surface area contributed by atoms with Crippen LogP contribution in [0.2, 0.25) is 0 Å². The Morgan fingerprint density at radius 1 is 1.20 bits per heavy atom. The number of ketones is 1. The van der Waals surface area contributed by atoms with Crippen molar-refractivity contribution < 1.29 is 13.2 Å². The number of benzene rings is 1. The second-order valence-electron chi connectivity index (χ2n) is 5.70. The van der Waals surface area contributed by atoms with Gasteiger partial charge in [0.05, 0.1) is 11.8 Å². The summed E-state index contributed by atoms with van der Waals surface area (Å²) in [7, 11) is -3.52. The van der Waals surface area contributed by atoms with Crippen molar-refractivity contribution in [1.82, 2.24) is 13.9 Å². The SMILES string of the molecule is CS(=O)(=O)n1cc(C(=O)c2c[nH]c3ncc(Br)cc23)c2ccccc21. The Balaban J connectivity index is 1.98. The number of pyridine rings is 1. The van der Waals surface area contributed by atoms with Crippen molar-refractivity contribution in [2.75, 3.05) is 6.26 Å². The molecule has 8 heteroatoms. The van der Waals surface area contributed by atoms with Crippen LogP contribution in [0.5, 0.6) is 0 Å². The lowest BCUT2D eigenvalue weighted by Crippen LogP contribution is -2.08. The number of H-pyrrole nitrogens is 1. The molecule has 0 bridgehead atoms. The smallest absolute Gasteiger partial charge is 0.236 e. The van der Waals surface area contributed by atoms with Crippen LogP contribution >= 0.6 is 15.9 Å². The highest BCUT2D eigenvalue weighted by Gasteiger charge is 2.22. The Morgan fingerprint density at radius 3 is 2.72 bits per heavy atom. The maximum atomic E-state index is 13.1. The molecule has 0 saturated carbocycles. The number of carbonyl (C=O) groups excluding carboxylic acids is 1. The summed E-state index contributed by atoms with van der Waals surface area (Å²) < 4.78 is 26.0. The largest absolute Gasteiger partial charge is 0.345 e. The maximum absolute atomic E-state index is 13.1. The van der Waals surface area contributed by atoms with Crippen molar-refractivity contribution in [3.8, 4) is 0 Å². The van der Waals surface area contributed by atoms with Gasteiger partial charge in [-0.3, -0.25) is 4.79 Å². The quantitative estimate of drug-likeness (QED) is 0.518. The molecule has 0 atom stereocenters. The van der Waals surface area contributed by atoms with Crippen LogP contribution in [0.3, 0.4) is 0 Å². The molecule has 0 unspecified atom stereocenters. The predicted molar refractivity (Wildman–Crippen MR) is 99.4 cm³/mol. The Bertz CT molecular complexity index is 1250. The van der Waals surface area contributed by atoms with Gasteiger partial charge in [-0.15, -0.1) is 0 Å². The Hall–Kier alpha value is -2.45. The van der Waals surface area contributed by atoms with Gasteiger partial charge in [-0.1, -0.05) is 18.2 Å². The van der Waals surface area contributed by atoms with E-state index < -0.39 is 10.0 Å². The lowest BCUT2D eigenvalue weighted by atomic mass is 10.0. The molecule has 0 aliphatic rings. The molecule has 0 fully saturated rings. The highest BCUT2D eigenvalue weighted by atomic mass is 79.9. The second kappa shape index (κ2) is 5.53. The fraction of sp³-hybridized carbons (Fsp3) is 0.0588. The minimum absolute atomic E-state index is 0.259. The molecule has 3 aromatic heterocycles. The normalized spacial score (nSPS) is 12.1. The van der Waals surface area contributed by atoms with E-state index in [9.17, 15) is 13.2 Å². The van der Waals surface area contributed by atoms with Gasteiger partial charge in [0.15, 0.2) is 5.78 Å². The van der Waals surface area contributed by atoms with E-state index in [1.807, 2.05) is 6.07 Å². The summed E-state index contributed by atoms with van der Waals surface area (Å²) >= 11 is 3.36. The van der Waals surface area contributed by atoms with Crippen LogP contribution in [0.4, 0.5) is 0 Å². The van der Waals surface area contributed by atoms with E-state index in [1.54, 1.807) is 36.7 Å². The Kier molecular flexibility index (Phi) is 3.55. The minimum atomic E-state index is -3.52. The van der Waals surface area contributed by atoms with E-state index in [0.29, 0.717) is 33.1 Å². The molecule has 0 spiro atoms. The highest BCUT2D eigenvalue weighted by Crippen LogP contribution is 2.28. The van der Waals surface area contributed by atoms with E-state index >= 15 is 0 Å². The number of aromatic amines is 1.